The third kappa shape index (κ3) is 2.81. The molecule has 2 rings (SSSR count). The van der Waals surface area contributed by atoms with E-state index < -0.39 is 0 Å². The van der Waals surface area contributed by atoms with Crippen LogP contribution in [0.2, 0.25) is 0 Å². The first-order valence-electron chi connectivity index (χ1n) is 6.05. The molecule has 1 aliphatic rings. The first-order chi connectivity index (χ1) is 8.11. The molecule has 1 aromatic carbocycles. The van der Waals surface area contributed by atoms with Crippen molar-refractivity contribution >= 4 is 21.6 Å². The molecule has 1 saturated heterocycles. The van der Waals surface area contributed by atoms with Gasteiger partial charge in [0.1, 0.15) is 0 Å². The number of nitrogens with two attached hydrogens (primary N) is 1. The van der Waals surface area contributed by atoms with E-state index in [9.17, 15) is 0 Å². The molecule has 3 nitrogen and oxygen atoms in total. The van der Waals surface area contributed by atoms with E-state index in [-0.39, 0.29) is 0 Å². The van der Waals surface area contributed by atoms with Gasteiger partial charge < -0.3 is 15.5 Å². The molecule has 0 amide bonds. The van der Waals surface area contributed by atoms with Crippen LogP contribution < -0.4 is 10.6 Å². The van der Waals surface area contributed by atoms with E-state index in [0.29, 0.717) is 12.6 Å². The van der Waals surface area contributed by atoms with Crippen LogP contribution in [0.4, 0.5) is 5.69 Å². The summed E-state index contributed by atoms with van der Waals surface area (Å²) < 4.78 is 1.12. The van der Waals surface area contributed by atoms with Crippen molar-refractivity contribution < 1.29 is 0 Å². The Morgan fingerprint density at radius 1 is 1.41 bits per heavy atom. The minimum atomic E-state index is 0.591. The van der Waals surface area contributed by atoms with Crippen molar-refractivity contribution in [1.82, 2.24) is 4.90 Å². The van der Waals surface area contributed by atoms with E-state index in [1.165, 1.54) is 11.3 Å². The maximum atomic E-state index is 5.82. The molecular weight excluding hydrogens is 278 g/mol. The molecule has 0 spiro atoms. The van der Waals surface area contributed by atoms with Gasteiger partial charge in [-0.2, -0.15) is 0 Å². The van der Waals surface area contributed by atoms with Gasteiger partial charge in [0.2, 0.25) is 0 Å². The summed E-state index contributed by atoms with van der Waals surface area (Å²) in [5.74, 6) is 0. The lowest BCUT2D eigenvalue weighted by atomic mass is 10.1. The fourth-order valence-electron chi connectivity index (χ4n) is 2.27. The van der Waals surface area contributed by atoms with Gasteiger partial charge in [-0.05, 0) is 31.7 Å². The Morgan fingerprint density at radius 2 is 2.18 bits per heavy atom. The number of hydrogen-bond acceptors (Lipinski definition) is 3. The Balaban J connectivity index is 2.24. The van der Waals surface area contributed by atoms with Crippen LogP contribution in [0.3, 0.4) is 0 Å². The molecule has 0 saturated carbocycles. The average Bonchev–Trinajstić information content (AvgIpc) is 2.32. The molecule has 0 bridgehead atoms. The molecule has 0 aromatic heterocycles. The molecule has 17 heavy (non-hydrogen) atoms. The molecule has 0 aliphatic carbocycles. The number of hydrogen-bond donors (Lipinski definition) is 1. The minimum absolute atomic E-state index is 0.591. The number of likely N-dealkylation sites (N-methyl/N-ethyl adjacent to an activating group) is 1. The number of rotatable bonds is 2. The third-order valence-corrected chi connectivity index (χ3v) is 4.06. The lowest BCUT2D eigenvalue weighted by Gasteiger charge is -2.39. The van der Waals surface area contributed by atoms with Crippen LogP contribution in [0.25, 0.3) is 0 Å². The third-order valence-electron chi connectivity index (χ3n) is 3.57. The van der Waals surface area contributed by atoms with Gasteiger partial charge in [0.25, 0.3) is 0 Å². The second-order valence-corrected chi connectivity index (χ2v) is 5.67. The number of anilines is 1. The topological polar surface area (TPSA) is 32.5 Å². The zero-order chi connectivity index (χ0) is 12.4. The molecular formula is C13H20BrN3. The van der Waals surface area contributed by atoms with Gasteiger partial charge in [0.05, 0.1) is 0 Å². The molecule has 94 valence electrons. The molecule has 1 aliphatic heterocycles. The molecule has 1 atom stereocenters. The highest BCUT2D eigenvalue weighted by Crippen LogP contribution is 2.26. The molecule has 1 heterocycles. The number of piperazine rings is 1. The van der Waals surface area contributed by atoms with Crippen molar-refractivity contribution in [3.05, 3.63) is 28.2 Å². The summed E-state index contributed by atoms with van der Waals surface area (Å²) in [6, 6.07) is 6.95. The smallest absolute Gasteiger partial charge is 0.0424 e. The predicted molar refractivity (Wildman–Crippen MR) is 76.3 cm³/mol. The maximum Gasteiger partial charge on any atom is 0.0424 e. The van der Waals surface area contributed by atoms with Gasteiger partial charge in [-0.15, -0.1) is 0 Å². The van der Waals surface area contributed by atoms with E-state index in [0.717, 1.165) is 24.1 Å². The highest BCUT2D eigenvalue weighted by Gasteiger charge is 2.22. The molecule has 0 radical (unpaired) electrons. The van der Waals surface area contributed by atoms with Crippen molar-refractivity contribution in [2.24, 2.45) is 5.73 Å². The first-order valence-corrected chi connectivity index (χ1v) is 6.85. The lowest BCUT2D eigenvalue weighted by molar-refractivity contribution is 0.234. The van der Waals surface area contributed by atoms with E-state index in [1.807, 2.05) is 0 Å². The Kier molecular flexibility index (Phi) is 4.07. The normalized spacial score (nSPS) is 21.9. The lowest BCUT2D eigenvalue weighted by Crippen LogP contribution is -2.50. The Morgan fingerprint density at radius 3 is 2.82 bits per heavy atom. The van der Waals surface area contributed by atoms with Crippen LogP contribution in [0.1, 0.15) is 12.5 Å². The van der Waals surface area contributed by atoms with E-state index in [2.05, 4.69) is 57.9 Å². The van der Waals surface area contributed by atoms with Crippen LogP contribution in [-0.4, -0.2) is 37.6 Å². The predicted octanol–water partition coefficient (Wildman–Crippen LogP) is 2.05. The van der Waals surface area contributed by atoms with Crippen LogP contribution in [0, 0.1) is 0 Å². The van der Waals surface area contributed by atoms with Crippen LogP contribution in [0.15, 0.2) is 22.7 Å². The summed E-state index contributed by atoms with van der Waals surface area (Å²) in [4.78, 5) is 4.84. The fourth-order valence-corrected chi connectivity index (χ4v) is 2.62. The molecule has 4 heteroatoms. The van der Waals surface area contributed by atoms with Gasteiger partial charge in [-0.3, -0.25) is 0 Å². The maximum absolute atomic E-state index is 5.82. The zero-order valence-corrected chi connectivity index (χ0v) is 12.1. The monoisotopic (exact) mass is 297 g/mol. The summed E-state index contributed by atoms with van der Waals surface area (Å²) in [6.07, 6.45) is 0. The summed E-state index contributed by atoms with van der Waals surface area (Å²) in [5, 5.41) is 0. The quantitative estimate of drug-likeness (QED) is 0.907. The van der Waals surface area contributed by atoms with E-state index >= 15 is 0 Å². The summed E-state index contributed by atoms with van der Waals surface area (Å²) in [7, 11) is 2.19. The number of halogens is 1. The van der Waals surface area contributed by atoms with Gasteiger partial charge in [0.15, 0.2) is 0 Å². The second kappa shape index (κ2) is 5.38. The standard InChI is InChI=1S/C13H20BrN3/c1-10-9-17(6-5-16(10)2)13-7-12(14)4-3-11(13)8-15/h3-4,7,10H,5-6,8-9,15H2,1-2H3. The summed E-state index contributed by atoms with van der Waals surface area (Å²) in [5.41, 5.74) is 8.32. The highest BCUT2D eigenvalue weighted by molar-refractivity contribution is 9.10. The van der Waals surface area contributed by atoms with Crippen molar-refractivity contribution in [3.63, 3.8) is 0 Å². The molecule has 1 unspecified atom stereocenters. The number of nitrogens with zero attached hydrogens (tertiary/aromatic N) is 2. The van der Waals surface area contributed by atoms with Crippen molar-refractivity contribution in [3.8, 4) is 0 Å². The first kappa shape index (κ1) is 12.9. The van der Waals surface area contributed by atoms with Crippen LogP contribution in [-0.2, 0) is 6.54 Å². The summed E-state index contributed by atoms with van der Waals surface area (Å²) >= 11 is 3.54. The van der Waals surface area contributed by atoms with E-state index in [1.54, 1.807) is 0 Å². The molecule has 1 fully saturated rings. The van der Waals surface area contributed by atoms with E-state index in [4.69, 9.17) is 5.73 Å². The van der Waals surface area contributed by atoms with Gasteiger partial charge in [-0.25, -0.2) is 0 Å². The van der Waals surface area contributed by atoms with Gasteiger partial charge >= 0.3 is 0 Å². The Bertz CT molecular complexity index is 394. The average molecular weight is 298 g/mol. The number of benzene rings is 1. The SMILES string of the molecule is CC1CN(c2cc(Br)ccc2CN)CCN1C. The Labute approximate surface area is 112 Å². The minimum Gasteiger partial charge on any atom is -0.368 e. The van der Waals surface area contributed by atoms with Crippen LogP contribution >= 0.6 is 15.9 Å². The summed E-state index contributed by atoms with van der Waals surface area (Å²) in [6.45, 7) is 6.12. The second-order valence-electron chi connectivity index (χ2n) is 4.75. The fraction of sp³-hybridized carbons (Fsp3) is 0.538. The van der Waals surface area contributed by atoms with Crippen LogP contribution in [0.5, 0.6) is 0 Å². The molecule has 1 aromatic rings. The Hall–Kier alpha value is -0.580. The van der Waals surface area contributed by atoms with Crippen molar-refractivity contribution in [2.45, 2.75) is 19.5 Å². The van der Waals surface area contributed by atoms with Crippen molar-refractivity contribution in [1.29, 1.82) is 0 Å². The zero-order valence-electron chi connectivity index (χ0n) is 10.5. The van der Waals surface area contributed by atoms with Gasteiger partial charge in [0, 0.05) is 42.4 Å². The highest BCUT2D eigenvalue weighted by atomic mass is 79.9. The van der Waals surface area contributed by atoms with Crippen molar-refractivity contribution in [2.75, 3.05) is 31.6 Å². The molecule has 2 N–H and O–H groups in total. The van der Waals surface area contributed by atoms with Gasteiger partial charge in [-0.1, -0.05) is 22.0 Å². The largest absolute Gasteiger partial charge is 0.368 e.